The smallest absolute Gasteiger partial charge is 0.184 e. The number of rotatable bonds is 4. The summed E-state index contributed by atoms with van der Waals surface area (Å²) in [4.78, 5) is 27.8. The van der Waals surface area contributed by atoms with Crippen molar-refractivity contribution in [1.82, 2.24) is 0 Å². The van der Waals surface area contributed by atoms with Crippen molar-refractivity contribution in [3.63, 3.8) is 0 Å². The molecule has 36 heavy (non-hydrogen) atoms. The van der Waals surface area contributed by atoms with Gasteiger partial charge in [-0.15, -0.1) is 0 Å². The third-order valence-electron chi connectivity index (χ3n) is 9.28. The van der Waals surface area contributed by atoms with E-state index in [9.17, 15) is 14.7 Å². The van der Waals surface area contributed by atoms with Gasteiger partial charge in [-0.25, -0.2) is 0 Å². The first-order valence-corrected chi connectivity index (χ1v) is 19.6. The van der Waals surface area contributed by atoms with Crippen LogP contribution in [0.3, 0.4) is 0 Å². The predicted molar refractivity (Wildman–Crippen MR) is 149 cm³/mol. The summed E-state index contributed by atoms with van der Waals surface area (Å²) in [5, 5.41) is 12.1. The van der Waals surface area contributed by atoms with Gasteiger partial charge in [0.2, 0.25) is 0 Å². The molecule has 1 N–H and O–H groups in total. The highest BCUT2D eigenvalue weighted by Gasteiger charge is 2.56. The molecular weight excluding hydrogens is 480 g/mol. The topological polar surface area (TPSA) is 63.6 Å². The highest BCUT2D eigenvalue weighted by molar-refractivity contribution is 6.92. The first-order chi connectivity index (χ1) is 16.8. The number of fused-ring (bicyclic) bond motifs is 4. The monoisotopic (exact) mass is 518 g/mol. The zero-order chi connectivity index (χ0) is 26.0. The van der Waals surface area contributed by atoms with Crippen molar-refractivity contribution >= 4 is 33.1 Å². The second-order valence-corrected chi connectivity index (χ2v) is 22.3. The minimum absolute atomic E-state index is 0.00607. The van der Waals surface area contributed by atoms with Gasteiger partial charge in [0.25, 0.3) is 0 Å². The molecule has 1 saturated carbocycles. The summed E-state index contributed by atoms with van der Waals surface area (Å²) in [6.45, 7) is 13.8. The quantitative estimate of drug-likeness (QED) is 0.379. The summed E-state index contributed by atoms with van der Waals surface area (Å²) >= 11 is 0. The summed E-state index contributed by atoms with van der Waals surface area (Å²) in [5.74, 6) is -1.18. The second-order valence-electron chi connectivity index (χ2n) is 12.8. The molecular formula is C30H38O4Si2. The molecule has 0 aliphatic heterocycles. The van der Waals surface area contributed by atoms with Crippen molar-refractivity contribution < 1.29 is 19.1 Å². The van der Waals surface area contributed by atoms with Crippen molar-refractivity contribution in [2.24, 2.45) is 17.8 Å². The van der Waals surface area contributed by atoms with Crippen LogP contribution in [0.4, 0.5) is 0 Å². The van der Waals surface area contributed by atoms with Crippen molar-refractivity contribution in [2.75, 3.05) is 0 Å². The Labute approximate surface area is 216 Å². The molecule has 0 heterocycles. The van der Waals surface area contributed by atoms with Gasteiger partial charge in [0.15, 0.2) is 19.9 Å². The van der Waals surface area contributed by atoms with E-state index in [1.807, 2.05) is 0 Å². The summed E-state index contributed by atoms with van der Waals surface area (Å²) in [7, 11) is -3.87. The molecule has 3 aliphatic carbocycles. The molecule has 0 spiro atoms. The number of Topliss-reactive ketones (excluding diaryl/α,β-unsaturated/α-hetero) is 2. The van der Waals surface area contributed by atoms with Crippen molar-refractivity contribution in [3.05, 3.63) is 71.3 Å². The van der Waals surface area contributed by atoms with Crippen LogP contribution in [0, 0.1) is 17.8 Å². The lowest BCUT2D eigenvalue weighted by molar-refractivity contribution is 0.0425. The van der Waals surface area contributed by atoms with Crippen molar-refractivity contribution in [3.8, 4) is 5.75 Å². The van der Waals surface area contributed by atoms with E-state index in [0.717, 1.165) is 19.3 Å². The average molecular weight is 519 g/mol. The highest BCUT2D eigenvalue weighted by Crippen LogP contribution is 2.58. The van der Waals surface area contributed by atoms with Gasteiger partial charge in [-0.2, -0.15) is 0 Å². The molecule has 190 valence electrons. The Morgan fingerprint density at radius 3 is 2.28 bits per heavy atom. The maximum Gasteiger partial charge on any atom is 0.184 e. The predicted octanol–water partition coefficient (Wildman–Crippen LogP) is 6.34. The van der Waals surface area contributed by atoms with Gasteiger partial charge in [-0.05, 0) is 55.9 Å². The van der Waals surface area contributed by atoms with Crippen LogP contribution in [0.1, 0.15) is 46.9 Å². The Hall–Kier alpha value is -2.29. The number of aromatic hydroxyl groups is 1. The zero-order valence-electron chi connectivity index (χ0n) is 22.3. The van der Waals surface area contributed by atoms with Crippen LogP contribution in [0.15, 0.2) is 60.2 Å². The molecule has 0 saturated heterocycles. The maximum absolute atomic E-state index is 14.0. The number of phenolic OH excluding ortho intramolecular Hbond substituents is 1. The van der Waals surface area contributed by atoms with Gasteiger partial charge < -0.3 is 9.53 Å². The lowest BCUT2D eigenvalue weighted by atomic mass is 9.58. The van der Waals surface area contributed by atoms with Crippen LogP contribution in [0.2, 0.25) is 37.8 Å². The molecule has 0 amide bonds. The molecule has 1 fully saturated rings. The van der Waals surface area contributed by atoms with E-state index >= 15 is 0 Å². The summed E-state index contributed by atoms with van der Waals surface area (Å²) < 4.78 is 6.63. The minimum atomic E-state index is -2.02. The fourth-order valence-electron chi connectivity index (χ4n) is 6.95. The van der Waals surface area contributed by atoms with E-state index in [2.05, 4.69) is 76.1 Å². The number of hydrogen-bond donors (Lipinski definition) is 1. The molecule has 0 bridgehead atoms. The van der Waals surface area contributed by atoms with Crippen LogP contribution in [-0.2, 0) is 4.43 Å². The fraction of sp³-hybridized carbons (Fsp3) is 0.467. The Kier molecular flexibility index (Phi) is 6.09. The van der Waals surface area contributed by atoms with Crippen LogP contribution in [0.25, 0.3) is 0 Å². The maximum atomic E-state index is 14.0. The van der Waals surface area contributed by atoms with Crippen molar-refractivity contribution in [2.45, 2.75) is 70.1 Å². The van der Waals surface area contributed by atoms with E-state index in [-0.39, 0.29) is 33.8 Å². The summed E-state index contributed by atoms with van der Waals surface area (Å²) in [6.07, 6.45) is 4.67. The molecule has 5 rings (SSSR count). The van der Waals surface area contributed by atoms with Crippen LogP contribution in [0.5, 0.6) is 5.75 Å². The average Bonchev–Trinajstić information content (AvgIpc) is 2.81. The van der Waals surface area contributed by atoms with E-state index in [1.165, 1.54) is 16.8 Å². The standard InChI is InChI=1S/C30H38O4Si2/c1-30(36(5,6)20-11-8-7-9-12-20)16-15-21-19(18-30)17-24(34-35(2,3)4)27-26(21)28(32)22-13-10-14-23(31)25(22)29(27)33/h7-14,17,21,24,26-27,31H,15-16,18H2,1-6H3/t21-,24+,26-,27+,30+/m1/s1. The number of carbonyl (C=O) groups is 2. The number of ketones is 2. The Morgan fingerprint density at radius 2 is 1.61 bits per heavy atom. The molecule has 0 radical (unpaired) electrons. The highest BCUT2D eigenvalue weighted by atomic mass is 28.4. The first kappa shape index (κ1) is 25.4. The Morgan fingerprint density at radius 1 is 0.917 bits per heavy atom. The van der Waals surface area contributed by atoms with Crippen LogP contribution < -0.4 is 5.19 Å². The fourth-order valence-corrected chi connectivity index (χ4v) is 11.1. The van der Waals surface area contributed by atoms with Crippen LogP contribution in [-0.4, -0.2) is 39.2 Å². The first-order valence-electron chi connectivity index (χ1n) is 13.2. The Balaban J connectivity index is 1.59. The SMILES string of the molecule is C[C@]1([Si](C)(C)c2ccccc2)CC[C@@H]2C(=C[C@H](O[Si](C)(C)C)[C@@H]3C(=O)c4c(O)cccc4C(=O)[C@@H]32)C1. The third kappa shape index (κ3) is 3.98. The molecule has 6 heteroatoms. The number of allylic oxidation sites excluding steroid dienone is 1. The second kappa shape index (κ2) is 8.64. The third-order valence-corrected chi connectivity index (χ3v) is 15.5. The van der Waals surface area contributed by atoms with E-state index < -0.39 is 34.3 Å². The van der Waals surface area contributed by atoms with Gasteiger partial charge in [0.05, 0.1) is 25.7 Å². The minimum Gasteiger partial charge on any atom is -0.507 e. The van der Waals surface area contributed by atoms with E-state index in [0.29, 0.717) is 5.56 Å². The van der Waals surface area contributed by atoms with Gasteiger partial charge in [0, 0.05) is 11.5 Å². The van der Waals surface area contributed by atoms with Crippen molar-refractivity contribution in [1.29, 1.82) is 0 Å². The largest absolute Gasteiger partial charge is 0.507 e. The normalized spacial score (nSPS) is 30.2. The zero-order valence-corrected chi connectivity index (χ0v) is 24.3. The van der Waals surface area contributed by atoms with Gasteiger partial charge >= 0.3 is 0 Å². The number of carbonyl (C=O) groups excluding carboxylic acids is 2. The molecule has 0 aromatic heterocycles. The van der Waals surface area contributed by atoms with Gasteiger partial charge in [0.1, 0.15) is 5.75 Å². The van der Waals surface area contributed by atoms with E-state index in [1.54, 1.807) is 12.1 Å². The molecule has 2 aromatic carbocycles. The molecule has 3 aliphatic rings. The number of benzene rings is 2. The van der Waals surface area contributed by atoms with Gasteiger partial charge in [-0.3, -0.25) is 9.59 Å². The number of hydrogen-bond acceptors (Lipinski definition) is 4. The lowest BCUT2D eigenvalue weighted by Crippen LogP contribution is -2.56. The lowest BCUT2D eigenvalue weighted by Gasteiger charge is -2.53. The van der Waals surface area contributed by atoms with Crippen LogP contribution >= 0.6 is 0 Å². The Bertz CT molecular complexity index is 1240. The summed E-state index contributed by atoms with van der Waals surface area (Å²) in [6, 6.07) is 15.8. The summed E-state index contributed by atoms with van der Waals surface area (Å²) in [5.41, 5.74) is 1.86. The number of phenols is 1. The molecule has 4 nitrogen and oxygen atoms in total. The van der Waals surface area contributed by atoms with Gasteiger partial charge in [-0.1, -0.05) is 79.3 Å². The molecule has 5 atom stereocenters. The molecule has 2 aromatic rings. The molecule has 0 unspecified atom stereocenters. The van der Waals surface area contributed by atoms with E-state index in [4.69, 9.17) is 4.43 Å².